The molecule has 3 N–H and O–H groups in total. The second kappa shape index (κ2) is 11.8. The fourth-order valence-electron chi connectivity index (χ4n) is 4.11. The highest BCUT2D eigenvalue weighted by Crippen LogP contribution is 2.19. The zero-order valence-corrected chi connectivity index (χ0v) is 21.2. The molecule has 0 spiro atoms. The van der Waals surface area contributed by atoms with Gasteiger partial charge in [0.05, 0.1) is 6.21 Å². The predicted octanol–water partition coefficient (Wildman–Crippen LogP) is 3.21. The Kier molecular flexibility index (Phi) is 7.90. The molecule has 1 aliphatic heterocycles. The summed E-state index contributed by atoms with van der Waals surface area (Å²) >= 11 is 5.94. The number of rotatable bonds is 9. The molecular formula is C25H26ClN9O3. The minimum absolute atomic E-state index is 0.00705. The minimum Gasteiger partial charge on any atom is -0.489 e. The highest BCUT2D eigenvalue weighted by Gasteiger charge is 2.26. The van der Waals surface area contributed by atoms with Gasteiger partial charge in [0.15, 0.2) is 5.69 Å². The quantitative estimate of drug-likeness (QED) is 0.243. The summed E-state index contributed by atoms with van der Waals surface area (Å²) in [5, 5.41) is 20.5. The van der Waals surface area contributed by atoms with E-state index in [-0.39, 0.29) is 17.3 Å². The zero-order chi connectivity index (χ0) is 26.3. The smallest absolute Gasteiger partial charge is 0.292 e. The van der Waals surface area contributed by atoms with Crippen molar-refractivity contribution in [3.8, 4) is 11.6 Å². The Balaban J connectivity index is 1.28. The topological polar surface area (TPSA) is 150 Å². The van der Waals surface area contributed by atoms with Gasteiger partial charge in [0.2, 0.25) is 11.6 Å². The first-order chi connectivity index (χ1) is 18.6. The zero-order valence-electron chi connectivity index (χ0n) is 20.5. The van der Waals surface area contributed by atoms with E-state index in [9.17, 15) is 4.79 Å². The number of nitrogen functional groups attached to an aromatic ring is 1. The van der Waals surface area contributed by atoms with E-state index in [1.54, 1.807) is 0 Å². The first kappa shape index (κ1) is 25.4. The number of nitrogens with two attached hydrogens (primary N) is 1. The molecule has 1 saturated heterocycles. The molecule has 196 valence electrons. The average molecular weight is 536 g/mol. The van der Waals surface area contributed by atoms with Gasteiger partial charge in [-0.25, -0.2) is 10.1 Å². The molecule has 0 aliphatic carbocycles. The first-order valence-electron chi connectivity index (χ1n) is 12.1. The number of likely N-dealkylation sites (tertiary alicyclic amines) is 1. The van der Waals surface area contributed by atoms with Crippen LogP contribution in [0.15, 0.2) is 58.3 Å². The Bertz CT molecular complexity index is 1410. The number of carbonyl (C=O) groups excluding carboxylic acids is 1. The molecule has 3 heterocycles. The number of hydrazone groups is 1. The Hall–Kier alpha value is -4.29. The lowest BCUT2D eigenvalue weighted by atomic mass is 10.1. The third kappa shape index (κ3) is 6.15. The molecule has 0 radical (unpaired) electrons. The van der Waals surface area contributed by atoms with Gasteiger partial charge in [0.1, 0.15) is 18.1 Å². The number of anilines is 1. The third-order valence-corrected chi connectivity index (χ3v) is 6.28. The maximum absolute atomic E-state index is 13.2. The fourth-order valence-corrected chi connectivity index (χ4v) is 4.24. The molecule has 4 aromatic rings. The van der Waals surface area contributed by atoms with Crippen molar-refractivity contribution in [2.24, 2.45) is 5.10 Å². The number of aromatic nitrogens is 5. The number of nitrogens with one attached hydrogen (secondary N) is 1. The standard InChI is InChI=1S/C25H26ClN9O3/c26-19-9-7-17(8-10-19)16-37-20-6-4-5-18(13-20)14-28-30-25(36)22-21(15-34-11-2-1-3-12-34)29-33-35(22)24-23(27)31-38-32-24/h4-10,13-14H,1-3,11-12,15-16H2,(H2,27,31)(H,30,36)/b28-14-. The van der Waals surface area contributed by atoms with Crippen molar-refractivity contribution >= 4 is 29.5 Å². The van der Waals surface area contributed by atoms with E-state index in [2.05, 4.69) is 36.1 Å². The van der Waals surface area contributed by atoms with Crippen LogP contribution in [0.1, 0.15) is 46.6 Å². The van der Waals surface area contributed by atoms with Gasteiger partial charge in [-0.2, -0.15) is 9.78 Å². The first-order valence-corrected chi connectivity index (χ1v) is 12.5. The minimum atomic E-state index is -0.518. The largest absolute Gasteiger partial charge is 0.489 e. The van der Waals surface area contributed by atoms with Crippen LogP contribution in [0.2, 0.25) is 5.02 Å². The van der Waals surface area contributed by atoms with Crippen molar-refractivity contribution < 1.29 is 14.2 Å². The van der Waals surface area contributed by atoms with Crippen LogP contribution in [0.5, 0.6) is 5.75 Å². The number of carbonyl (C=O) groups is 1. The Morgan fingerprint density at radius 3 is 2.74 bits per heavy atom. The molecule has 1 aliphatic rings. The monoisotopic (exact) mass is 535 g/mol. The summed E-state index contributed by atoms with van der Waals surface area (Å²) in [6.45, 7) is 2.71. The van der Waals surface area contributed by atoms with Crippen LogP contribution in [0, 0.1) is 0 Å². The molecule has 12 nitrogen and oxygen atoms in total. The van der Waals surface area contributed by atoms with E-state index in [0.29, 0.717) is 29.6 Å². The van der Waals surface area contributed by atoms with Crippen LogP contribution < -0.4 is 15.9 Å². The number of hydrogen-bond donors (Lipinski definition) is 2. The Labute approximate surface area is 223 Å². The summed E-state index contributed by atoms with van der Waals surface area (Å²) in [6.07, 6.45) is 4.92. The molecule has 5 rings (SSSR count). The summed E-state index contributed by atoms with van der Waals surface area (Å²) in [5.74, 6) is 0.223. The molecule has 1 amide bonds. The van der Waals surface area contributed by atoms with E-state index in [4.69, 9.17) is 26.7 Å². The van der Waals surface area contributed by atoms with Crippen molar-refractivity contribution in [2.75, 3.05) is 18.8 Å². The van der Waals surface area contributed by atoms with Gasteiger partial charge in [0, 0.05) is 11.6 Å². The summed E-state index contributed by atoms with van der Waals surface area (Å²) in [7, 11) is 0. The molecule has 13 heteroatoms. The van der Waals surface area contributed by atoms with E-state index in [1.807, 2.05) is 48.5 Å². The summed E-state index contributed by atoms with van der Waals surface area (Å²) in [4.78, 5) is 15.5. The average Bonchev–Trinajstić information content (AvgIpc) is 3.54. The molecule has 0 bridgehead atoms. The van der Waals surface area contributed by atoms with Crippen LogP contribution in [-0.2, 0) is 13.2 Å². The molecule has 0 atom stereocenters. The van der Waals surface area contributed by atoms with E-state index < -0.39 is 5.91 Å². The van der Waals surface area contributed by atoms with E-state index in [0.717, 1.165) is 37.1 Å². The number of piperidine rings is 1. The number of hydrogen-bond acceptors (Lipinski definition) is 10. The number of ether oxygens (including phenoxy) is 1. The third-order valence-electron chi connectivity index (χ3n) is 6.03. The second-order valence-corrected chi connectivity index (χ2v) is 9.23. The van der Waals surface area contributed by atoms with Crippen molar-refractivity contribution in [1.29, 1.82) is 0 Å². The maximum Gasteiger partial charge on any atom is 0.292 e. The molecule has 1 fully saturated rings. The molecular weight excluding hydrogens is 510 g/mol. The Morgan fingerprint density at radius 1 is 1.16 bits per heavy atom. The maximum atomic E-state index is 13.2. The van der Waals surface area contributed by atoms with Crippen LogP contribution in [0.25, 0.3) is 5.82 Å². The van der Waals surface area contributed by atoms with Crippen molar-refractivity contribution in [3.63, 3.8) is 0 Å². The van der Waals surface area contributed by atoms with Crippen LogP contribution in [-0.4, -0.2) is 55.4 Å². The van der Waals surface area contributed by atoms with Crippen molar-refractivity contribution in [1.82, 2.24) is 35.6 Å². The number of halogens is 1. The lowest BCUT2D eigenvalue weighted by Gasteiger charge is -2.25. The molecule has 0 unspecified atom stereocenters. The predicted molar refractivity (Wildman–Crippen MR) is 140 cm³/mol. The second-order valence-electron chi connectivity index (χ2n) is 8.79. The van der Waals surface area contributed by atoms with E-state index >= 15 is 0 Å². The van der Waals surface area contributed by atoms with Gasteiger partial charge in [-0.05, 0) is 71.6 Å². The summed E-state index contributed by atoms with van der Waals surface area (Å²) in [6, 6.07) is 14.8. The highest BCUT2D eigenvalue weighted by atomic mass is 35.5. The molecule has 38 heavy (non-hydrogen) atoms. The summed E-state index contributed by atoms with van der Waals surface area (Å²) < 4.78 is 11.8. The lowest BCUT2D eigenvalue weighted by molar-refractivity contribution is 0.0944. The molecule has 2 aromatic carbocycles. The van der Waals surface area contributed by atoms with Gasteiger partial charge >= 0.3 is 0 Å². The SMILES string of the molecule is Nc1nonc1-n1nnc(CN2CCCCC2)c1C(=O)N/N=C\c1cccc(OCc2ccc(Cl)cc2)c1. The van der Waals surface area contributed by atoms with Crippen LogP contribution >= 0.6 is 11.6 Å². The highest BCUT2D eigenvalue weighted by molar-refractivity contribution is 6.30. The fraction of sp³-hybridized carbons (Fsp3) is 0.280. The number of benzene rings is 2. The summed E-state index contributed by atoms with van der Waals surface area (Å²) in [5.41, 5.74) is 10.8. The van der Waals surface area contributed by atoms with Crippen molar-refractivity contribution in [2.45, 2.75) is 32.4 Å². The van der Waals surface area contributed by atoms with Gasteiger partial charge < -0.3 is 10.5 Å². The van der Waals surface area contributed by atoms with Gasteiger partial charge in [-0.3, -0.25) is 9.69 Å². The number of amides is 1. The molecule has 0 saturated carbocycles. The van der Waals surface area contributed by atoms with Gasteiger partial charge in [-0.1, -0.05) is 47.5 Å². The van der Waals surface area contributed by atoms with E-state index in [1.165, 1.54) is 17.3 Å². The van der Waals surface area contributed by atoms with Crippen molar-refractivity contribution in [3.05, 3.63) is 76.1 Å². The Morgan fingerprint density at radius 2 is 1.97 bits per heavy atom. The lowest BCUT2D eigenvalue weighted by Crippen LogP contribution is -2.31. The normalized spacial score (nSPS) is 14.1. The van der Waals surface area contributed by atoms with Crippen LogP contribution in [0.3, 0.4) is 0 Å². The van der Waals surface area contributed by atoms with Gasteiger partial charge in [-0.15, -0.1) is 5.10 Å². The van der Waals surface area contributed by atoms with Gasteiger partial charge in [0.25, 0.3) is 5.91 Å². The van der Waals surface area contributed by atoms with Crippen LogP contribution in [0.4, 0.5) is 5.82 Å². The molecule has 2 aromatic heterocycles. The number of nitrogens with zero attached hydrogens (tertiary/aromatic N) is 7.